The molecule has 38 heavy (non-hydrogen) atoms. The first kappa shape index (κ1) is 25.3. The lowest BCUT2D eigenvalue weighted by Crippen LogP contribution is -2.54. The zero-order valence-electron chi connectivity index (χ0n) is 21.6. The van der Waals surface area contributed by atoms with Gasteiger partial charge in [-0.15, -0.1) is 0 Å². The van der Waals surface area contributed by atoms with Crippen molar-refractivity contribution in [3.8, 4) is 5.75 Å². The highest BCUT2D eigenvalue weighted by atomic mass is 35.5. The van der Waals surface area contributed by atoms with Gasteiger partial charge in [-0.1, -0.05) is 23.7 Å². The van der Waals surface area contributed by atoms with Crippen molar-refractivity contribution in [2.75, 3.05) is 18.4 Å². The second kappa shape index (κ2) is 11.4. The average Bonchev–Trinajstić information content (AvgIpc) is 3.43. The Hall–Kier alpha value is -3.03. The van der Waals surface area contributed by atoms with Crippen LogP contribution in [0, 0.1) is 5.92 Å². The Balaban J connectivity index is 0.958. The van der Waals surface area contributed by atoms with Crippen molar-refractivity contribution >= 4 is 23.3 Å². The topological polar surface area (TPSA) is 82.3 Å². The Morgan fingerprint density at radius 1 is 1.00 bits per heavy atom. The summed E-state index contributed by atoms with van der Waals surface area (Å²) in [5.41, 5.74) is 2.10. The molecule has 0 saturated carbocycles. The second-order valence-corrected chi connectivity index (χ2v) is 11.6. The number of carbonyl (C=O) groups excluding carboxylic acids is 1. The molecule has 200 valence electrons. The molecule has 3 N–H and O–H groups in total. The van der Waals surface area contributed by atoms with Gasteiger partial charge in [0.1, 0.15) is 17.7 Å². The van der Waals surface area contributed by atoms with Crippen molar-refractivity contribution in [1.29, 1.82) is 0 Å². The lowest BCUT2D eigenvalue weighted by Gasteiger charge is -2.43. The molecule has 3 fully saturated rings. The fraction of sp³-hybridized carbons (Fsp3) is 0.467. The van der Waals surface area contributed by atoms with E-state index in [0.29, 0.717) is 23.9 Å². The number of amides is 2. The molecule has 8 heteroatoms. The van der Waals surface area contributed by atoms with Crippen LogP contribution in [0.1, 0.15) is 55.8 Å². The van der Waals surface area contributed by atoms with Gasteiger partial charge in [-0.3, -0.25) is 0 Å². The number of anilines is 1. The van der Waals surface area contributed by atoms with Crippen LogP contribution < -0.4 is 15.4 Å². The molecule has 0 aliphatic carbocycles. The zero-order valence-corrected chi connectivity index (χ0v) is 22.4. The van der Waals surface area contributed by atoms with Crippen LogP contribution >= 0.6 is 11.6 Å². The van der Waals surface area contributed by atoms with E-state index in [9.17, 15) is 4.79 Å². The van der Waals surface area contributed by atoms with Gasteiger partial charge in [0.25, 0.3) is 0 Å². The Bertz CT molecular complexity index is 1180. The predicted octanol–water partition coefficient (Wildman–Crippen LogP) is 6.00. The van der Waals surface area contributed by atoms with Crippen LogP contribution in [0.15, 0.2) is 60.9 Å². The largest absolute Gasteiger partial charge is 0.490 e. The molecule has 2 amide bonds. The lowest BCUT2D eigenvalue weighted by molar-refractivity contribution is 0.0737. The zero-order chi connectivity index (χ0) is 25.9. The van der Waals surface area contributed by atoms with E-state index in [4.69, 9.17) is 16.3 Å². The lowest BCUT2D eigenvalue weighted by atomic mass is 9.78. The molecular formula is C30H36ClN5O2. The Kier molecular flexibility index (Phi) is 7.56. The van der Waals surface area contributed by atoms with Crippen molar-refractivity contribution in [3.63, 3.8) is 0 Å². The van der Waals surface area contributed by atoms with Crippen molar-refractivity contribution in [2.24, 2.45) is 5.92 Å². The number of ether oxygens (including phenoxy) is 1. The number of hydrogen-bond acceptors (Lipinski definition) is 4. The summed E-state index contributed by atoms with van der Waals surface area (Å²) in [5, 5.41) is 7.60. The van der Waals surface area contributed by atoms with Crippen molar-refractivity contribution in [3.05, 3.63) is 77.3 Å². The first-order valence-electron chi connectivity index (χ1n) is 13.9. The molecule has 6 rings (SSSR count). The van der Waals surface area contributed by atoms with Crippen molar-refractivity contribution < 1.29 is 9.53 Å². The number of carbonyl (C=O) groups is 1. The molecule has 3 aromatic rings. The number of H-pyrrole nitrogens is 1. The van der Waals surface area contributed by atoms with E-state index in [-0.39, 0.29) is 12.1 Å². The number of fused-ring (bicyclic) bond motifs is 2. The van der Waals surface area contributed by atoms with Gasteiger partial charge < -0.3 is 25.3 Å². The first-order valence-corrected chi connectivity index (χ1v) is 14.3. The van der Waals surface area contributed by atoms with Gasteiger partial charge in [-0.25, -0.2) is 9.78 Å². The van der Waals surface area contributed by atoms with Gasteiger partial charge in [0, 0.05) is 54.7 Å². The van der Waals surface area contributed by atoms with E-state index in [0.717, 1.165) is 67.5 Å². The van der Waals surface area contributed by atoms with Gasteiger partial charge in [0.05, 0.1) is 0 Å². The Morgan fingerprint density at radius 3 is 2.37 bits per heavy atom. The number of aromatic nitrogens is 2. The number of urea groups is 1. The third-order valence-corrected chi connectivity index (χ3v) is 8.62. The molecule has 3 saturated heterocycles. The molecule has 3 aliphatic rings. The number of piperidine rings is 3. The molecule has 3 aliphatic heterocycles. The SMILES string of the molecule is O=C(Nc1ccc(OC2C[C@H]3CC(Cc4ncc[nH]4)C[C@@H](C2)N3)cc1)N1CCC(c2ccc(Cl)cc2)CC1. The summed E-state index contributed by atoms with van der Waals surface area (Å²) in [4.78, 5) is 22.4. The summed E-state index contributed by atoms with van der Waals surface area (Å²) in [6.07, 6.45) is 11.3. The van der Waals surface area contributed by atoms with Crippen molar-refractivity contribution in [1.82, 2.24) is 20.2 Å². The van der Waals surface area contributed by atoms with Crippen LogP contribution in [0.25, 0.3) is 0 Å². The smallest absolute Gasteiger partial charge is 0.321 e. The summed E-state index contributed by atoms with van der Waals surface area (Å²) in [7, 11) is 0. The highest BCUT2D eigenvalue weighted by molar-refractivity contribution is 6.30. The number of nitrogens with zero attached hydrogens (tertiary/aromatic N) is 2. The van der Waals surface area contributed by atoms with Crippen LogP contribution in [-0.2, 0) is 6.42 Å². The Morgan fingerprint density at radius 2 is 1.71 bits per heavy atom. The monoisotopic (exact) mass is 533 g/mol. The van der Waals surface area contributed by atoms with E-state index in [1.54, 1.807) is 0 Å². The third-order valence-electron chi connectivity index (χ3n) is 8.37. The van der Waals surface area contributed by atoms with Gasteiger partial charge >= 0.3 is 6.03 Å². The number of benzene rings is 2. The Labute approximate surface area is 229 Å². The normalized spacial score (nSPS) is 25.7. The molecule has 4 heterocycles. The summed E-state index contributed by atoms with van der Waals surface area (Å²) in [6, 6.07) is 16.9. The van der Waals surface area contributed by atoms with Gasteiger partial charge in [0.2, 0.25) is 0 Å². The standard InChI is InChI=1S/C30H36ClN5O2/c31-23-3-1-21(2-4-23)22-9-13-36(14-10-22)30(37)35-24-5-7-27(8-6-24)38-28-18-25-15-20(16-26(19-28)34-25)17-29-32-11-12-33-29/h1-8,11-12,20,22,25-26,28,34H,9-10,13-19H2,(H,32,33)(H,35,37)/t20?,25-,26+,28?. The maximum Gasteiger partial charge on any atom is 0.321 e. The maximum atomic E-state index is 12.8. The number of hydrogen-bond donors (Lipinski definition) is 3. The number of likely N-dealkylation sites (tertiary alicyclic amines) is 1. The molecule has 2 unspecified atom stereocenters. The number of nitrogens with one attached hydrogen (secondary N) is 3. The number of imidazole rings is 1. The summed E-state index contributed by atoms with van der Waals surface area (Å²) >= 11 is 6.02. The van der Waals surface area contributed by atoms with E-state index < -0.39 is 0 Å². The fourth-order valence-corrected chi connectivity index (χ4v) is 6.66. The van der Waals surface area contributed by atoms with Gasteiger partial charge in [-0.05, 0) is 92.3 Å². The van der Waals surface area contributed by atoms with E-state index in [2.05, 4.69) is 32.7 Å². The van der Waals surface area contributed by atoms with Gasteiger partial charge in [0.15, 0.2) is 0 Å². The van der Waals surface area contributed by atoms with Crippen molar-refractivity contribution in [2.45, 2.75) is 69.1 Å². The quantitative estimate of drug-likeness (QED) is 0.363. The van der Waals surface area contributed by atoms with Crippen LogP contribution in [0.4, 0.5) is 10.5 Å². The molecule has 1 aromatic heterocycles. The molecule has 2 aromatic carbocycles. The second-order valence-electron chi connectivity index (χ2n) is 11.1. The summed E-state index contributed by atoms with van der Waals surface area (Å²) in [5.74, 6) is 3.11. The minimum absolute atomic E-state index is 0.0384. The fourth-order valence-electron chi connectivity index (χ4n) is 6.54. The van der Waals surface area contributed by atoms with Gasteiger partial charge in [-0.2, -0.15) is 0 Å². The van der Waals surface area contributed by atoms with Crippen LogP contribution in [0.2, 0.25) is 5.02 Å². The average molecular weight is 534 g/mol. The molecular weight excluding hydrogens is 498 g/mol. The predicted molar refractivity (Wildman–Crippen MR) is 150 cm³/mol. The molecule has 2 bridgehead atoms. The minimum atomic E-state index is -0.0384. The number of halogens is 1. The number of rotatable bonds is 6. The number of aromatic amines is 1. The van der Waals surface area contributed by atoms with E-state index >= 15 is 0 Å². The van der Waals surface area contributed by atoms with E-state index in [1.165, 1.54) is 18.4 Å². The molecule has 7 nitrogen and oxygen atoms in total. The maximum absolute atomic E-state index is 12.8. The first-order chi connectivity index (χ1) is 18.6. The highest BCUT2D eigenvalue weighted by Gasteiger charge is 2.36. The molecule has 0 radical (unpaired) electrons. The molecule has 0 spiro atoms. The van der Waals surface area contributed by atoms with Crippen LogP contribution in [-0.4, -0.2) is 52.2 Å². The van der Waals surface area contributed by atoms with E-state index in [1.807, 2.05) is 53.7 Å². The summed E-state index contributed by atoms with van der Waals surface area (Å²) < 4.78 is 6.38. The highest BCUT2D eigenvalue weighted by Crippen LogP contribution is 2.34. The third kappa shape index (κ3) is 6.16. The summed E-state index contributed by atoms with van der Waals surface area (Å²) in [6.45, 7) is 1.50. The molecule has 4 atom stereocenters. The van der Waals surface area contributed by atoms with Crippen LogP contribution in [0.5, 0.6) is 5.75 Å². The van der Waals surface area contributed by atoms with Crippen LogP contribution in [0.3, 0.4) is 0 Å². The minimum Gasteiger partial charge on any atom is -0.490 e.